The highest BCUT2D eigenvalue weighted by Gasteiger charge is 2.28. The Bertz CT molecular complexity index is 1250. The van der Waals surface area contributed by atoms with Crippen molar-refractivity contribution in [2.75, 3.05) is 16.8 Å². The average molecular weight is 387 g/mol. The molecule has 0 fully saturated rings. The second-order valence-corrected chi connectivity index (χ2v) is 7.20. The van der Waals surface area contributed by atoms with E-state index in [2.05, 4.69) is 42.0 Å². The van der Waals surface area contributed by atoms with E-state index in [0.29, 0.717) is 13.0 Å². The minimum Gasteiger partial charge on any atom is -0.335 e. The minimum atomic E-state index is -0.00966. The van der Waals surface area contributed by atoms with Gasteiger partial charge in [-0.15, -0.1) is 0 Å². The molecule has 1 aliphatic rings. The number of imidazole rings is 1. The van der Waals surface area contributed by atoms with Crippen LogP contribution in [0.3, 0.4) is 0 Å². The van der Waals surface area contributed by atoms with Crippen LogP contribution in [0.1, 0.15) is 17.9 Å². The standard InChI is InChI=1S/C21H21N7O/c1-13-20-21(26(3)25-13)24-19(29)9-11-27(20)17-6-4-5-7-18(17)28-14(2)23-15-12-22-10-8-16(15)28/h4-8,10,12H,9,11H2,1-3H3,(H,24,29). The number of rotatable bonds is 2. The first kappa shape index (κ1) is 17.4. The minimum absolute atomic E-state index is 0.00966. The number of anilines is 3. The van der Waals surface area contributed by atoms with E-state index >= 15 is 0 Å². The summed E-state index contributed by atoms with van der Waals surface area (Å²) in [6, 6.07) is 10.2. The van der Waals surface area contributed by atoms with Gasteiger partial charge in [0.1, 0.15) is 17.0 Å². The smallest absolute Gasteiger partial charge is 0.227 e. The first-order chi connectivity index (χ1) is 14.0. The van der Waals surface area contributed by atoms with Crippen LogP contribution in [0.4, 0.5) is 17.2 Å². The van der Waals surface area contributed by atoms with Gasteiger partial charge in [0.25, 0.3) is 0 Å². The third-order valence-corrected chi connectivity index (χ3v) is 5.32. The van der Waals surface area contributed by atoms with E-state index in [9.17, 15) is 4.79 Å². The summed E-state index contributed by atoms with van der Waals surface area (Å²) in [5.41, 5.74) is 5.65. The largest absolute Gasteiger partial charge is 0.335 e. The van der Waals surface area contributed by atoms with Gasteiger partial charge >= 0.3 is 0 Å². The monoisotopic (exact) mass is 387 g/mol. The van der Waals surface area contributed by atoms with Gasteiger partial charge < -0.3 is 10.2 Å². The van der Waals surface area contributed by atoms with Crippen LogP contribution in [-0.2, 0) is 11.8 Å². The lowest BCUT2D eigenvalue weighted by atomic mass is 10.2. The molecule has 5 rings (SSSR count). The molecule has 0 aliphatic carbocycles. The Labute approximate surface area is 167 Å². The second-order valence-electron chi connectivity index (χ2n) is 7.20. The molecule has 0 unspecified atom stereocenters. The molecule has 0 bridgehead atoms. The summed E-state index contributed by atoms with van der Waals surface area (Å²) in [6.07, 6.45) is 3.95. The summed E-state index contributed by atoms with van der Waals surface area (Å²) in [7, 11) is 1.85. The molecule has 0 saturated heterocycles. The summed E-state index contributed by atoms with van der Waals surface area (Å²) < 4.78 is 3.87. The number of carbonyl (C=O) groups is 1. The maximum Gasteiger partial charge on any atom is 0.227 e. The quantitative estimate of drug-likeness (QED) is 0.571. The van der Waals surface area contributed by atoms with E-state index < -0.39 is 0 Å². The Morgan fingerprint density at radius 3 is 2.72 bits per heavy atom. The third kappa shape index (κ3) is 2.67. The van der Waals surface area contributed by atoms with Gasteiger partial charge in [-0.2, -0.15) is 5.10 Å². The molecule has 1 aromatic carbocycles. The van der Waals surface area contributed by atoms with Crippen LogP contribution < -0.4 is 10.2 Å². The van der Waals surface area contributed by atoms with Crippen molar-refractivity contribution in [3.8, 4) is 5.69 Å². The number of nitrogens with zero attached hydrogens (tertiary/aromatic N) is 6. The van der Waals surface area contributed by atoms with E-state index in [1.54, 1.807) is 17.1 Å². The van der Waals surface area contributed by atoms with Crippen LogP contribution in [0.2, 0.25) is 0 Å². The summed E-state index contributed by atoms with van der Waals surface area (Å²) in [6.45, 7) is 4.52. The van der Waals surface area contributed by atoms with Gasteiger partial charge in [0.2, 0.25) is 5.91 Å². The number of benzene rings is 1. The first-order valence-corrected chi connectivity index (χ1v) is 9.54. The Hall–Kier alpha value is -3.68. The van der Waals surface area contributed by atoms with Crippen molar-refractivity contribution >= 4 is 34.1 Å². The van der Waals surface area contributed by atoms with E-state index in [1.807, 2.05) is 39.1 Å². The summed E-state index contributed by atoms with van der Waals surface area (Å²) in [5.74, 6) is 1.59. The normalized spacial score (nSPS) is 14.0. The lowest BCUT2D eigenvalue weighted by Gasteiger charge is -2.26. The Morgan fingerprint density at radius 1 is 1.10 bits per heavy atom. The summed E-state index contributed by atoms with van der Waals surface area (Å²) in [5, 5.41) is 7.54. The van der Waals surface area contributed by atoms with Crippen LogP contribution >= 0.6 is 0 Å². The molecule has 4 aromatic rings. The van der Waals surface area contributed by atoms with Crippen LogP contribution in [0.5, 0.6) is 0 Å². The zero-order chi connectivity index (χ0) is 20.1. The van der Waals surface area contributed by atoms with Crippen LogP contribution in [0.25, 0.3) is 16.7 Å². The van der Waals surface area contributed by atoms with Crippen molar-refractivity contribution in [1.29, 1.82) is 0 Å². The molecular weight excluding hydrogens is 366 g/mol. The van der Waals surface area contributed by atoms with Crippen LogP contribution in [-0.4, -0.2) is 36.8 Å². The lowest BCUT2D eigenvalue weighted by Crippen LogP contribution is -2.21. The van der Waals surface area contributed by atoms with Crippen molar-refractivity contribution < 1.29 is 4.79 Å². The van der Waals surface area contributed by atoms with Gasteiger partial charge in [0.05, 0.1) is 28.8 Å². The molecule has 8 nitrogen and oxygen atoms in total. The van der Waals surface area contributed by atoms with Crippen molar-refractivity contribution in [3.63, 3.8) is 0 Å². The lowest BCUT2D eigenvalue weighted by molar-refractivity contribution is -0.116. The highest BCUT2D eigenvalue weighted by atomic mass is 16.1. The molecular formula is C21H21N7O. The molecule has 146 valence electrons. The predicted molar refractivity (Wildman–Crippen MR) is 112 cm³/mol. The highest BCUT2D eigenvalue weighted by Crippen LogP contribution is 2.40. The van der Waals surface area contributed by atoms with E-state index in [-0.39, 0.29) is 5.91 Å². The molecule has 0 saturated carbocycles. The molecule has 8 heteroatoms. The molecule has 1 aliphatic heterocycles. The Kier molecular flexibility index (Phi) is 3.87. The molecule has 1 amide bonds. The molecule has 0 spiro atoms. The number of carbonyl (C=O) groups excluding carboxylic acids is 1. The van der Waals surface area contributed by atoms with Crippen LogP contribution in [0, 0.1) is 13.8 Å². The Morgan fingerprint density at radius 2 is 1.90 bits per heavy atom. The topological polar surface area (TPSA) is 80.9 Å². The molecule has 1 N–H and O–H groups in total. The highest BCUT2D eigenvalue weighted by molar-refractivity contribution is 5.97. The van der Waals surface area contributed by atoms with Gasteiger partial charge in [-0.3, -0.25) is 19.0 Å². The number of amides is 1. The van der Waals surface area contributed by atoms with Gasteiger partial charge in [-0.1, -0.05) is 12.1 Å². The SMILES string of the molecule is Cc1nn(C)c2c1N(c1ccccc1-n1c(C)nc3cnccc31)CCC(=O)N2. The molecule has 29 heavy (non-hydrogen) atoms. The first-order valence-electron chi connectivity index (χ1n) is 9.54. The number of para-hydroxylation sites is 2. The maximum atomic E-state index is 12.3. The second kappa shape index (κ2) is 6.44. The van der Waals surface area contributed by atoms with Gasteiger partial charge in [0.15, 0.2) is 5.82 Å². The van der Waals surface area contributed by atoms with E-state index in [1.165, 1.54) is 0 Å². The van der Waals surface area contributed by atoms with Gasteiger partial charge in [-0.25, -0.2) is 4.98 Å². The van der Waals surface area contributed by atoms with Crippen molar-refractivity contribution in [2.24, 2.45) is 7.05 Å². The zero-order valence-corrected chi connectivity index (χ0v) is 16.5. The fourth-order valence-electron chi connectivity index (χ4n) is 4.11. The van der Waals surface area contributed by atoms with Crippen LogP contribution in [0.15, 0.2) is 42.7 Å². The van der Waals surface area contributed by atoms with E-state index in [0.717, 1.165) is 45.4 Å². The molecule has 0 atom stereocenters. The Balaban J connectivity index is 1.76. The number of aromatic nitrogens is 5. The average Bonchev–Trinajstić information content (AvgIpc) is 3.10. The summed E-state index contributed by atoms with van der Waals surface area (Å²) in [4.78, 5) is 23.4. The maximum absolute atomic E-state index is 12.3. The molecule has 4 heterocycles. The third-order valence-electron chi connectivity index (χ3n) is 5.32. The predicted octanol–water partition coefficient (Wildman–Crippen LogP) is 3.25. The van der Waals surface area contributed by atoms with Crippen molar-refractivity contribution in [3.05, 3.63) is 54.2 Å². The van der Waals surface area contributed by atoms with Crippen molar-refractivity contribution in [1.82, 2.24) is 24.3 Å². The number of nitrogens with one attached hydrogen (secondary N) is 1. The fraction of sp³-hybridized carbons (Fsp3) is 0.238. The zero-order valence-electron chi connectivity index (χ0n) is 16.5. The fourth-order valence-corrected chi connectivity index (χ4v) is 4.11. The number of hydrogen-bond donors (Lipinski definition) is 1. The van der Waals surface area contributed by atoms with E-state index in [4.69, 9.17) is 0 Å². The number of fused-ring (bicyclic) bond motifs is 2. The summed E-state index contributed by atoms with van der Waals surface area (Å²) >= 11 is 0. The van der Waals surface area contributed by atoms with Gasteiger partial charge in [-0.05, 0) is 32.0 Å². The van der Waals surface area contributed by atoms with Crippen molar-refractivity contribution in [2.45, 2.75) is 20.3 Å². The molecule has 3 aromatic heterocycles. The molecule has 0 radical (unpaired) electrons. The van der Waals surface area contributed by atoms with Gasteiger partial charge in [0, 0.05) is 26.2 Å². The number of hydrogen-bond acceptors (Lipinski definition) is 5. The number of pyridine rings is 1. The number of aryl methyl sites for hydroxylation is 3.